The molecule has 59 heavy (non-hydrogen) atoms. The Balaban J connectivity index is 1.32. The standard InChI is InChI=1S/C35H26F10N8O4S2/c1-14-3-4-22(26-24(14)29(50-59(2,56)57)49-52(26)13-33(38,39)40)53-30(47-31-18(32(53)55)5-6-58-31)21(9-15-7-16(36)10-17(37)8-15)46-23(54)12-51-28-25(27(48-51)35(43,44)45)19-11-20(19)34(28,41)42/h3-8,10,19-21H,9,11-13H2,1-2H3,(H,46,54)(H,49,50)/t19-,20+,21-/m0/s1. The van der Waals surface area contributed by atoms with Gasteiger partial charge in [-0.1, -0.05) is 6.07 Å². The van der Waals surface area contributed by atoms with Gasteiger partial charge in [0.05, 0.1) is 34.3 Å². The summed E-state index contributed by atoms with van der Waals surface area (Å²) in [6, 6.07) is 4.37. The molecule has 1 fully saturated rings. The normalized spacial score (nSPS) is 18.0. The van der Waals surface area contributed by atoms with Crippen molar-refractivity contribution in [3.05, 3.63) is 97.7 Å². The number of thiophene rings is 1. The molecule has 1 amide bonds. The molecule has 2 N–H and O–H groups in total. The van der Waals surface area contributed by atoms with Crippen molar-refractivity contribution >= 4 is 54.2 Å². The number of sulfonamides is 1. The van der Waals surface area contributed by atoms with E-state index < -0.39 is 123 Å². The molecule has 2 aliphatic carbocycles. The highest BCUT2D eigenvalue weighted by molar-refractivity contribution is 7.92. The van der Waals surface area contributed by atoms with E-state index >= 15 is 8.78 Å². The topological polar surface area (TPSA) is 146 Å². The fourth-order valence-electron chi connectivity index (χ4n) is 7.71. The van der Waals surface area contributed by atoms with Crippen LogP contribution in [0.25, 0.3) is 26.8 Å². The lowest BCUT2D eigenvalue weighted by atomic mass is 10.0. The molecule has 0 saturated heterocycles. The number of aromatic nitrogens is 6. The van der Waals surface area contributed by atoms with Crippen molar-refractivity contribution in [1.82, 2.24) is 34.4 Å². The molecule has 4 aromatic heterocycles. The van der Waals surface area contributed by atoms with Gasteiger partial charge in [-0.25, -0.2) is 22.2 Å². The van der Waals surface area contributed by atoms with E-state index in [1.165, 1.54) is 30.5 Å². The highest BCUT2D eigenvalue weighted by atomic mass is 32.2. The first-order valence-electron chi connectivity index (χ1n) is 17.3. The van der Waals surface area contributed by atoms with Gasteiger partial charge >= 0.3 is 12.4 Å². The van der Waals surface area contributed by atoms with Crippen molar-refractivity contribution in [3.8, 4) is 5.69 Å². The van der Waals surface area contributed by atoms with Gasteiger partial charge in [0, 0.05) is 24.0 Å². The Morgan fingerprint density at radius 1 is 1.03 bits per heavy atom. The fraction of sp³-hybridized carbons (Fsp3) is 0.343. The van der Waals surface area contributed by atoms with E-state index in [2.05, 4.69) is 25.2 Å². The van der Waals surface area contributed by atoms with Gasteiger partial charge in [0.15, 0.2) is 11.5 Å². The van der Waals surface area contributed by atoms with Crippen molar-refractivity contribution in [2.45, 2.75) is 63.1 Å². The van der Waals surface area contributed by atoms with Gasteiger partial charge in [0.25, 0.3) is 11.5 Å². The number of hydrogen-bond acceptors (Lipinski definition) is 8. The van der Waals surface area contributed by atoms with Crippen LogP contribution in [0.3, 0.4) is 0 Å². The van der Waals surface area contributed by atoms with E-state index in [1.807, 2.05) is 0 Å². The molecule has 2 aromatic carbocycles. The van der Waals surface area contributed by atoms with Crippen LogP contribution in [-0.4, -0.2) is 55.9 Å². The van der Waals surface area contributed by atoms with E-state index in [9.17, 15) is 53.1 Å². The van der Waals surface area contributed by atoms with Crippen molar-refractivity contribution in [2.75, 3.05) is 11.0 Å². The fourth-order valence-corrected chi connectivity index (χ4v) is 8.97. The van der Waals surface area contributed by atoms with Gasteiger partial charge in [-0.15, -0.1) is 11.3 Å². The van der Waals surface area contributed by atoms with Gasteiger partial charge in [0.2, 0.25) is 15.9 Å². The third-order valence-electron chi connectivity index (χ3n) is 9.96. The maximum atomic E-state index is 15.4. The lowest BCUT2D eigenvalue weighted by molar-refractivity contribution is -0.142. The summed E-state index contributed by atoms with van der Waals surface area (Å²) >= 11 is 0.916. The molecule has 312 valence electrons. The Kier molecular flexibility index (Phi) is 9.22. The quantitative estimate of drug-likeness (QED) is 0.143. The molecule has 0 radical (unpaired) electrons. The number of anilines is 1. The minimum absolute atomic E-state index is 0.0103. The van der Waals surface area contributed by atoms with Crippen LogP contribution in [0.1, 0.15) is 52.3 Å². The number of carbonyl (C=O) groups is 1. The number of alkyl halides is 8. The van der Waals surface area contributed by atoms with Crippen molar-refractivity contribution in [3.63, 3.8) is 0 Å². The number of amides is 1. The summed E-state index contributed by atoms with van der Waals surface area (Å²) in [4.78, 5) is 32.9. The van der Waals surface area contributed by atoms with Crippen molar-refractivity contribution in [2.24, 2.45) is 5.92 Å². The first-order chi connectivity index (χ1) is 27.4. The first kappa shape index (κ1) is 40.3. The van der Waals surface area contributed by atoms with Gasteiger partial charge in [0.1, 0.15) is 41.1 Å². The van der Waals surface area contributed by atoms with E-state index in [0.717, 1.165) is 34.3 Å². The maximum Gasteiger partial charge on any atom is 0.435 e. The highest BCUT2D eigenvalue weighted by Gasteiger charge is 2.68. The van der Waals surface area contributed by atoms with Gasteiger partial charge in [-0.2, -0.15) is 45.3 Å². The number of rotatable bonds is 10. The second-order valence-electron chi connectivity index (χ2n) is 14.3. The average molecular weight is 877 g/mol. The zero-order valence-corrected chi connectivity index (χ0v) is 31.6. The summed E-state index contributed by atoms with van der Waals surface area (Å²) < 4.78 is 172. The number of nitrogens with zero attached hydrogens (tertiary/aromatic N) is 6. The molecule has 24 heteroatoms. The van der Waals surface area contributed by atoms with Crippen LogP contribution in [0, 0.1) is 24.5 Å². The SMILES string of the molecule is Cc1ccc(-n2c([C@H](Cc3cc(F)cc(F)c3)NC(=O)Cn3nc(C(F)(F)F)c4c3C(F)(F)[C@@H]3C[C@H]43)nc3sccc3c2=O)c2c1c(NS(C)(=O)=O)nn2CC(F)(F)F. The molecule has 0 unspecified atom stereocenters. The number of fused-ring (bicyclic) bond motifs is 5. The number of carbonyl (C=O) groups excluding carboxylic acids is 1. The van der Waals surface area contributed by atoms with E-state index in [-0.39, 0.29) is 43.5 Å². The molecular weight excluding hydrogens is 851 g/mol. The second-order valence-corrected chi connectivity index (χ2v) is 17.0. The molecule has 8 rings (SSSR count). The summed E-state index contributed by atoms with van der Waals surface area (Å²) in [5, 5.41) is 10.8. The van der Waals surface area contributed by atoms with Gasteiger partial charge in [-0.3, -0.25) is 28.2 Å². The van der Waals surface area contributed by atoms with Crippen LogP contribution in [0.5, 0.6) is 0 Å². The van der Waals surface area contributed by atoms with Gasteiger partial charge in [-0.05, 0) is 60.0 Å². The molecule has 2 aliphatic rings. The molecule has 6 aromatic rings. The third-order valence-corrected chi connectivity index (χ3v) is 11.3. The lowest BCUT2D eigenvalue weighted by Gasteiger charge is -2.24. The molecule has 0 aliphatic heterocycles. The molecule has 0 bridgehead atoms. The third kappa shape index (κ3) is 7.29. The van der Waals surface area contributed by atoms with E-state index in [0.29, 0.717) is 10.7 Å². The Bertz CT molecular complexity index is 2880. The predicted octanol–water partition coefficient (Wildman–Crippen LogP) is 6.84. The summed E-state index contributed by atoms with van der Waals surface area (Å²) in [5.41, 5.74) is -5.16. The van der Waals surface area contributed by atoms with Crippen LogP contribution in [0.4, 0.5) is 49.7 Å². The maximum absolute atomic E-state index is 15.4. The average Bonchev–Trinajstić information content (AvgIpc) is 3.32. The number of benzene rings is 2. The predicted molar refractivity (Wildman–Crippen MR) is 191 cm³/mol. The number of halogens is 10. The molecule has 1 saturated carbocycles. The molecule has 0 spiro atoms. The Labute approximate surface area is 328 Å². The van der Waals surface area contributed by atoms with Crippen LogP contribution in [0.15, 0.2) is 46.6 Å². The lowest BCUT2D eigenvalue weighted by Crippen LogP contribution is -2.38. The second kappa shape index (κ2) is 13.5. The van der Waals surface area contributed by atoms with E-state index in [1.54, 1.807) is 0 Å². The van der Waals surface area contributed by atoms with Crippen LogP contribution in [-0.2, 0) is 46.4 Å². The van der Waals surface area contributed by atoms with Gasteiger partial charge < -0.3 is 5.32 Å². The molecule has 12 nitrogen and oxygen atoms in total. The van der Waals surface area contributed by atoms with E-state index in [4.69, 9.17) is 0 Å². The van der Waals surface area contributed by atoms with Crippen LogP contribution in [0.2, 0.25) is 0 Å². The largest absolute Gasteiger partial charge is 0.435 e. The smallest absolute Gasteiger partial charge is 0.344 e. The summed E-state index contributed by atoms with van der Waals surface area (Å²) in [5.74, 6) is -10.8. The van der Waals surface area contributed by atoms with Crippen molar-refractivity contribution < 1.29 is 57.1 Å². The minimum atomic E-state index is -5.16. The zero-order valence-electron chi connectivity index (χ0n) is 30.0. The minimum Gasteiger partial charge on any atom is -0.344 e. The number of hydrogen-bond donors (Lipinski definition) is 2. The van der Waals surface area contributed by atoms with Crippen LogP contribution >= 0.6 is 11.3 Å². The summed E-state index contributed by atoms with van der Waals surface area (Å²) in [6.45, 7) is -1.61. The Hall–Kier alpha value is -5.52. The summed E-state index contributed by atoms with van der Waals surface area (Å²) in [7, 11) is -4.16. The molecule has 4 heterocycles. The van der Waals surface area contributed by atoms with Crippen LogP contribution < -0.4 is 15.6 Å². The Morgan fingerprint density at radius 2 is 1.73 bits per heavy atom. The zero-order chi connectivity index (χ0) is 42.7. The molecular formula is C35H26F10N8O4S2. The van der Waals surface area contributed by atoms with Crippen molar-refractivity contribution in [1.29, 1.82) is 0 Å². The number of nitrogens with one attached hydrogen (secondary N) is 2. The monoisotopic (exact) mass is 876 g/mol. The number of aryl methyl sites for hydroxylation is 1. The first-order valence-corrected chi connectivity index (χ1v) is 20.0. The highest BCUT2D eigenvalue weighted by Crippen LogP contribution is 2.68. The molecule has 3 atom stereocenters. The Morgan fingerprint density at radius 3 is 2.37 bits per heavy atom. The summed E-state index contributed by atoms with van der Waals surface area (Å²) in [6.07, 6.45) is -10.2.